The van der Waals surface area contributed by atoms with Crippen molar-refractivity contribution in [2.75, 3.05) is 23.7 Å². The van der Waals surface area contributed by atoms with Crippen molar-refractivity contribution < 1.29 is 13.2 Å². The van der Waals surface area contributed by atoms with Crippen molar-refractivity contribution in [3.05, 3.63) is 11.4 Å². The maximum atomic E-state index is 12.4. The first kappa shape index (κ1) is 13.5. The number of rotatable bonds is 3. The highest BCUT2D eigenvalue weighted by Crippen LogP contribution is 2.25. The number of aryl methyl sites for hydroxylation is 1. The van der Waals surface area contributed by atoms with Crippen molar-refractivity contribution in [2.24, 2.45) is 0 Å². The molecule has 0 fully saturated rings. The highest BCUT2D eigenvalue weighted by Gasteiger charge is 2.31. The molecule has 0 saturated carbocycles. The van der Waals surface area contributed by atoms with Gasteiger partial charge in [0.15, 0.2) is 0 Å². The molecule has 7 heteroatoms. The second-order valence-electron chi connectivity index (χ2n) is 3.73. The average molecular weight is 248 g/mol. The summed E-state index contributed by atoms with van der Waals surface area (Å²) in [5.41, 5.74) is 6.09. The maximum absolute atomic E-state index is 12.4. The van der Waals surface area contributed by atoms with Crippen molar-refractivity contribution in [3.63, 3.8) is 0 Å². The molecule has 0 aliphatic carbocycles. The number of anilines is 2. The van der Waals surface area contributed by atoms with E-state index in [1.54, 1.807) is 20.8 Å². The molecular formula is C10H15F3N4. The van der Waals surface area contributed by atoms with Gasteiger partial charge in [0.1, 0.15) is 24.0 Å². The van der Waals surface area contributed by atoms with Crippen LogP contribution in [0.25, 0.3) is 0 Å². The monoisotopic (exact) mass is 248 g/mol. The largest absolute Gasteiger partial charge is 0.405 e. The number of nitrogens with zero attached hydrogens (tertiary/aromatic N) is 3. The third kappa shape index (κ3) is 3.47. The van der Waals surface area contributed by atoms with E-state index in [0.29, 0.717) is 11.4 Å². The summed E-state index contributed by atoms with van der Waals surface area (Å²) in [6.07, 6.45) is -4.27. The lowest BCUT2D eigenvalue weighted by atomic mass is 10.2. The predicted octanol–water partition coefficient (Wildman–Crippen LogP) is 2.06. The lowest BCUT2D eigenvalue weighted by Gasteiger charge is -2.25. The molecule has 17 heavy (non-hydrogen) atoms. The van der Waals surface area contributed by atoms with Crippen molar-refractivity contribution in [1.29, 1.82) is 0 Å². The molecule has 0 aromatic carbocycles. The van der Waals surface area contributed by atoms with E-state index >= 15 is 0 Å². The van der Waals surface area contributed by atoms with Crippen LogP contribution in [0.5, 0.6) is 0 Å². The Morgan fingerprint density at radius 1 is 1.24 bits per heavy atom. The molecule has 4 nitrogen and oxygen atoms in total. The molecule has 0 amide bonds. The predicted molar refractivity (Wildman–Crippen MR) is 59.9 cm³/mol. The van der Waals surface area contributed by atoms with E-state index in [0.717, 1.165) is 4.90 Å². The summed E-state index contributed by atoms with van der Waals surface area (Å²) >= 11 is 0. The quantitative estimate of drug-likeness (QED) is 0.889. The summed E-state index contributed by atoms with van der Waals surface area (Å²) < 4.78 is 37.2. The fourth-order valence-electron chi connectivity index (χ4n) is 1.50. The number of nitrogen functional groups attached to an aromatic ring is 1. The fourth-order valence-corrected chi connectivity index (χ4v) is 1.50. The van der Waals surface area contributed by atoms with Crippen molar-refractivity contribution in [1.82, 2.24) is 9.97 Å². The number of nitrogens with two attached hydrogens (primary N) is 1. The standard InChI is InChI=1S/C10H15F3N4/c1-4-17(5-10(11,12)13)9-6(2)8(14)15-7(3)16-9/h4-5H2,1-3H3,(H2,14,15,16). The minimum atomic E-state index is -4.27. The van der Waals surface area contributed by atoms with Gasteiger partial charge in [-0.05, 0) is 20.8 Å². The molecule has 1 rings (SSSR count). The van der Waals surface area contributed by atoms with Crippen molar-refractivity contribution in [3.8, 4) is 0 Å². The Labute approximate surface area is 97.7 Å². The minimum absolute atomic E-state index is 0.205. The molecule has 0 aliphatic heterocycles. The van der Waals surface area contributed by atoms with Gasteiger partial charge in [-0.3, -0.25) is 0 Å². The fraction of sp³-hybridized carbons (Fsp3) is 0.600. The SMILES string of the molecule is CCN(CC(F)(F)F)c1nc(C)nc(N)c1C. The third-order valence-electron chi connectivity index (χ3n) is 2.32. The van der Waals surface area contributed by atoms with Crippen LogP contribution in [0.4, 0.5) is 24.8 Å². The summed E-state index contributed by atoms with van der Waals surface area (Å²) in [4.78, 5) is 9.07. The van der Waals surface area contributed by atoms with Crippen LogP contribution >= 0.6 is 0 Å². The number of aromatic nitrogens is 2. The summed E-state index contributed by atoms with van der Waals surface area (Å²) in [6, 6.07) is 0. The summed E-state index contributed by atoms with van der Waals surface area (Å²) in [6.45, 7) is 4.01. The van der Waals surface area contributed by atoms with Gasteiger partial charge < -0.3 is 10.6 Å². The molecule has 0 unspecified atom stereocenters. The van der Waals surface area contributed by atoms with Gasteiger partial charge in [-0.25, -0.2) is 9.97 Å². The van der Waals surface area contributed by atoms with Crippen LogP contribution in [0.2, 0.25) is 0 Å². The third-order valence-corrected chi connectivity index (χ3v) is 2.32. The van der Waals surface area contributed by atoms with Gasteiger partial charge in [-0.1, -0.05) is 0 Å². The lowest BCUT2D eigenvalue weighted by molar-refractivity contribution is -0.119. The van der Waals surface area contributed by atoms with E-state index in [2.05, 4.69) is 9.97 Å². The number of hydrogen-bond donors (Lipinski definition) is 1. The number of hydrogen-bond acceptors (Lipinski definition) is 4. The van der Waals surface area contributed by atoms with Crippen LogP contribution in [-0.2, 0) is 0 Å². The first-order valence-electron chi connectivity index (χ1n) is 5.17. The van der Waals surface area contributed by atoms with Crippen LogP contribution < -0.4 is 10.6 Å². The molecular weight excluding hydrogens is 233 g/mol. The van der Waals surface area contributed by atoms with Gasteiger partial charge in [-0.15, -0.1) is 0 Å². The van der Waals surface area contributed by atoms with E-state index in [4.69, 9.17) is 5.73 Å². The topological polar surface area (TPSA) is 55.0 Å². The molecule has 1 aromatic rings. The Hall–Kier alpha value is -1.53. The maximum Gasteiger partial charge on any atom is 0.405 e. The Balaban J connectivity index is 3.12. The summed E-state index contributed by atoms with van der Waals surface area (Å²) in [7, 11) is 0. The Morgan fingerprint density at radius 2 is 1.82 bits per heavy atom. The summed E-state index contributed by atoms with van der Waals surface area (Å²) in [5.74, 6) is 0.826. The van der Waals surface area contributed by atoms with Crippen LogP contribution in [0.15, 0.2) is 0 Å². The van der Waals surface area contributed by atoms with Crippen molar-refractivity contribution in [2.45, 2.75) is 26.9 Å². The first-order valence-corrected chi connectivity index (χ1v) is 5.17. The minimum Gasteiger partial charge on any atom is -0.383 e. The molecule has 1 heterocycles. The smallest absolute Gasteiger partial charge is 0.383 e. The van der Waals surface area contributed by atoms with Crippen LogP contribution in [-0.4, -0.2) is 29.2 Å². The summed E-state index contributed by atoms with van der Waals surface area (Å²) in [5, 5.41) is 0. The van der Waals surface area contributed by atoms with Gasteiger partial charge in [0.2, 0.25) is 0 Å². The van der Waals surface area contributed by atoms with Crippen LogP contribution in [0.3, 0.4) is 0 Å². The molecule has 0 bridgehead atoms. The second-order valence-corrected chi connectivity index (χ2v) is 3.73. The average Bonchev–Trinajstić information content (AvgIpc) is 2.18. The zero-order chi connectivity index (χ0) is 13.2. The zero-order valence-electron chi connectivity index (χ0n) is 9.97. The molecule has 0 aliphatic rings. The van der Waals surface area contributed by atoms with Gasteiger partial charge in [0, 0.05) is 12.1 Å². The van der Waals surface area contributed by atoms with Gasteiger partial charge >= 0.3 is 6.18 Å². The molecule has 96 valence electrons. The normalized spacial score (nSPS) is 11.6. The highest BCUT2D eigenvalue weighted by atomic mass is 19.4. The zero-order valence-corrected chi connectivity index (χ0v) is 9.97. The molecule has 0 radical (unpaired) electrons. The lowest BCUT2D eigenvalue weighted by Crippen LogP contribution is -2.35. The molecule has 0 spiro atoms. The Morgan fingerprint density at radius 3 is 2.29 bits per heavy atom. The first-order chi connectivity index (χ1) is 7.74. The van der Waals surface area contributed by atoms with E-state index in [9.17, 15) is 13.2 Å². The van der Waals surface area contributed by atoms with Crippen LogP contribution in [0.1, 0.15) is 18.3 Å². The molecule has 1 aromatic heterocycles. The van der Waals surface area contributed by atoms with Crippen LogP contribution in [0, 0.1) is 13.8 Å². The molecule has 0 saturated heterocycles. The highest BCUT2D eigenvalue weighted by molar-refractivity contribution is 5.56. The molecule has 2 N–H and O–H groups in total. The van der Waals surface area contributed by atoms with Crippen molar-refractivity contribution >= 4 is 11.6 Å². The van der Waals surface area contributed by atoms with E-state index in [1.165, 1.54) is 0 Å². The number of halogens is 3. The Kier molecular flexibility index (Phi) is 3.79. The molecule has 0 atom stereocenters. The van der Waals surface area contributed by atoms with Gasteiger partial charge in [-0.2, -0.15) is 13.2 Å². The second kappa shape index (κ2) is 4.77. The Bertz CT molecular complexity index is 403. The van der Waals surface area contributed by atoms with E-state index < -0.39 is 12.7 Å². The number of alkyl halides is 3. The van der Waals surface area contributed by atoms with E-state index in [1.807, 2.05) is 0 Å². The van der Waals surface area contributed by atoms with Gasteiger partial charge in [0.25, 0.3) is 0 Å². The van der Waals surface area contributed by atoms with Gasteiger partial charge in [0.05, 0.1) is 0 Å². The van der Waals surface area contributed by atoms with E-state index in [-0.39, 0.29) is 18.2 Å².